The summed E-state index contributed by atoms with van der Waals surface area (Å²) in [5.74, 6) is 0. The zero-order valence-corrected chi connectivity index (χ0v) is 5.71. The molecule has 0 aromatic rings. The molecule has 0 rings (SSSR count). The highest BCUT2D eigenvalue weighted by atomic mass is 16.4. The summed E-state index contributed by atoms with van der Waals surface area (Å²) in [5, 5.41) is 35.2. The lowest BCUT2D eigenvalue weighted by Crippen LogP contribution is -2.39. The van der Waals surface area contributed by atoms with Crippen molar-refractivity contribution in [3.05, 3.63) is 0 Å². The average molecular weight is 168 g/mol. The summed E-state index contributed by atoms with van der Waals surface area (Å²) in [4.78, 5) is 10.3. The van der Waals surface area contributed by atoms with Gasteiger partial charge in [0.05, 0.1) is 12.7 Å². The van der Waals surface area contributed by atoms with E-state index in [-0.39, 0.29) is 0 Å². The zero-order valence-electron chi connectivity index (χ0n) is 7.71. The molecule has 11 heavy (non-hydrogen) atoms. The fourth-order valence-electron chi connectivity index (χ4n) is 0.504. The van der Waals surface area contributed by atoms with Gasteiger partial charge in [0.1, 0.15) is 19.8 Å². The van der Waals surface area contributed by atoms with E-state index in [1.807, 2.05) is 0 Å². The van der Waals surface area contributed by atoms with E-state index < -0.39 is 37.6 Å². The fourth-order valence-corrected chi connectivity index (χ4v) is 0.504. The number of aliphatic hydroxyl groups excluding tert-OH is 4. The van der Waals surface area contributed by atoms with Crippen molar-refractivity contribution in [2.24, 2.45) is 0 Å². The quantitative estimate of drug-likeness (QED) is 0.344. The zero-order chi connectivity index (χ0) is 10.6. The second-order valence-corrected chi connectivity index (χ2v) is 2.02. The lowest BCUT2D eigenvalue weighted by molar-refractivity contribution is -0.115. The van der Waals surface area contributed by atoms with Crippen molar-refractivity contribution < 1.29 is 28.0 Å². The van der Waals surface area contributed by atoms with Gasteiger partial charge in [0, 0.05) is 7.77 Å². The maximum absolute atomic E-state index is 10.3. The smallest absolute Gasteiger partial charge is 0.122 e. The number of aldehydes is 1. The molecule has 0 aliphatic carbocycles. The Labute approximate surface area is 66.7 Å². The molecule has 0 bridgehead atoms. The van der Waals surface area contributed by atoms with Gasteiger partial charge >= 0.3 is 0 Å². The Kier molecular flexibility index (Phi) is 3.39. The van der Waals surface area contributed by atoms with Crippen LogP contribution in [0.4, 0.5) is 0 Å². The molecule has 0 aromatic carbocycles. The molecule has 5 heteroatoms. The Hall–Kier alpha value is -0.490. The van der Waals surface area contributed by atoms with Gasteiger partial charge in [0.15, 0.2) is 0 Å². The van der Waals surface area contributed by atoms with E-state index in [1.54, 1.807) is 0 Å². The van der Waals surface area contributed by atoms with Crippen molar-refractivity contribution in [3.8, 4) is 0 Å². The first kappa shape index (κ1) is 7.17. The highest BCUT2D eigenvalue weighted by Crippen LogP contribution is 2.01. The molecule has 0 heterocycles. The van der Waals surface area contributed by atoms with Gasteiger partial charge in [-0.3, -0.25) is 0 Å². The largest absolute Gasteiger partial charge is 0.394 e. The van der Waals surface area contributed by atoms with E-state index in [0.717, 1.165) is 0 Å². The lowest BCUT2D eigenvalue weighted by atomic mass is 10.1. The third-order valence-corrected chi connectivity index (χ3v) is 1.17. The molecule has 0 saturated heterocycles. The third kappa shape index (κ3) is 3.43. The summed E-state index contributed by atoms with van der Waals surface area (Å²) in [6.07, 6.45) is -8.50. The molecular weight excluding hydrogens is 152 g/mol. The monoisotopic (exact) mass is 168 g/mol. The molecule has 4 atom stereocenters. The Morgan fingerprint density at radius 3 is 2.36 bits per heavy atom. The van der Waals surface area contributed by atoms with Crippen molar-refractivity contribution >= 4 is 6.26 Å². The maximum atomic E-state index is 10.3. The van der Waals surface area contributed by atoms with E-state index in [2.05, 4.69) is 0 Å². The molecule has 0 aliphatic rings. The molecular formula is C6H12O5. The Balaban J connectivity index is 4.24. The topological polar surface area (TPSA) is 98.0 Å². The number of aliphatic hydroxyl groups is 4. The molecule has 5 nitrogen and oxygen atoms in total. The molecule has 0 radical (unpaired) electrons. The number of hydrogen-bond acceptors (Lipinski definition) is 5. The van der Waals surface area contributed by atoms with Crippen LogP contribution in [0.15, 0.2) is 0 Å². The standard InChI is InChI=1S/C6H12O5/c7-2-1-4(9)6(11)5(10)3-8/h2,4-6,8-11H,1,3H2/t4-,5-,6+/m1/s1/i1T,2T/t1-,4+,5+,6-/m0. The third-order valence-electron chi connectivity index (χ3n) is 1.17. The van der Waals surface area contributed by atoms with E-state index in [4.69, 9.17) is 23.2 Å². The molecule has 0 spiro atoms. The second kappa shape index (κ2) is 5.20. The van der Waals surface area contributed by atoms with E-state index in [0.29, 0.717) is 0 Å². The Morgan fingerprint density at radius 2 is 2.00 bits per heavy atom. The second-order valence-electron chi connectivity index (χ2n) is 2.02. The summed E-state index contributed by atoms with van der Waals surface area (Å²) in [6, 6.07) is 0. The van der Waals surface area contributed by atoms with Crippen LogP contribution in [0.2, 0.25) is 0 Å². The van der Waals surface area contributed by atoms with Gasteiger partial charge in [-0.2, -0.15) is 0 Å². The van der Waals surface area contributed by atoms with Gasteiger partial charge < -0.3 is 25.2 Å². The van der Waals surface area contributed by atoms with Gasteiger partial charge in [0.2, 0.25) is 0 Å². The summed E-state index contributed by atoms with van der Waals surface area (Å²) in [7, 11) is 0. The van der Waals surface area contributed by atoms with Crippen molar-refractivity contribution in [1.29, 1.82) is 0 Å². The molecule has 0 aliphatic heterocycles. The summed E-state index contributed by atoms with van der Waals surface area (Å²) >= 11 is 0. The van der Waals surface area contributed by atoms with Crippen LogP contribution in [0.5, 0.6) is 0 Å². The highest BCUT2D eigenvalue weighted by Gasteiger charge is 2.23. The molecule has 0 unspecified atom stereocenters. The van der Waals surface area contributed by atoms with Crippen LogP contribution in [0.1, 0.15) is 9.14 Å². The fraction of sp³-hybridized carbons (Fsp3) is 0.833. The SMILES string of the molecule is [3H]C(=O)[C@H]([3H])[C@@H](O)[C@H](O)[C@H](O)CO. The predicted molar refractivity (Wildman–Crippen MR) is 35.8 cm³/mol. The van der Waals surface area contributed by atoms with E-state index >= 15 is 0 Å². The maximum Gasteiger partial charge on any atom is 0.122 e. The van der Waals surface area contributed by atoms with Crippen molar-refractivity contribution in [3.63, 3.8) is 0 Å². The summed E-state index contributed by atoms with van der Waals surface area (Å²) < 4.78 is 13.4. The normalized spacial score (nSPS) is 24.4. The Morgan fingerprint density at radius 1 is 1.45 bits per heavy atom. The molecule has 0 saturated carbocycles. The van der Waals surface area contributed by atoms with Gasteiger partial charge in [-0.15, -0.1) is 0 Å². The van der Waals surface area contributed by atoms with Crippen molar-refractivity contribution in [2.45, 2.75) is 24.7 Å². The highest BCUT2D eigenvalue weighted by molar-refractivity contribution is 5.50. The molecule has 0 fully saturated rings. The van der Waals surface area contributed by atoms with Crippen LogP contribution in [0, 0.1) is 0 Å². The van der Waals surface area contributed by atoms with Crippen LogP contribution in [-0.4, -0.2) is 51.6 Å². The molecule has 0 amide bonds. The number of carbonyl (C=O) groups excluding carboxylic acids is 1. The average Bonchev–Trinajstić information content (AvgIpc) is 2.12. The first-order valence-electron chi connectivity index (χ1n) is 4.07. The van der Waals surface area contributed by atoms with Crippen LogP contribution in [-0.2, 0) is 4.79 Å². The van der Waals surface area contributed by atoms with Crippen LogP contribution >= 0.6 is 0 Å². The number of rotatable bonds is 5. The number of carbonyl (C=O) groups is 1. The Bertz CT molecular complexity index is 176. The van der Waals surface area contributed by atoms with Gasteiger partial charge in [-0.05, 0) is 0 Å². The first-order chi connectivity index (χ1) is 5.91. The van der Waals surface area contributed by atoms with Gasteiger partial charge in [-0.25, -0.2) is 0 Å². The van der Waals surface area contributed by atoms with E-state index in [1.165, 1.54) is 0 Å². The predicted octanol–water partition coefficient (Wildman–Crippen LogP) is -2.35. The summed E-state index contributed by atoms with van der Waals surface area (Å²) in [5.41, 5.74) is 0. The van der Waals surface area contributed by atoms with Gasteiger partial charge in [-0.1, -0.05) is 0 Å². The molecule has 0 aromatic heterocycles. The van der Waals surface area contributed by atoms with Crippen LogP contribution < -0.4 is 0 Å². The van der Waals surface area contributed by atoms with Gasteiger partial charge in [0.25, 0.3) is 0 Å². The molecule has 66 valence electrons. The van der Waals surface area contributed by atoms with Crippen molar-refractivity contribution in [2.75, 3.05) is 6.61 Å². The molecule has 4 N–H and O–H groups in total. The van der Waals surface area contributed by atoms with E-state index in [9.17, 15) is 4.79 Å². The minimum absolute atomic E-state index is 0.795. The minimum atomic E-state index is -1.87. The first-order valence-corrected chi connectivity index (χ1v) is 2.99. The van der Waals surface area contributed by atoms with Crippen LogP contribution in [0.25, 0.3) is 0 Å². The minimum Gasteiger partial charge on any atom is -0.394 e. The summed E-state index contributed by atoms with van der Waals surface area (Å²) in [6.45, 7) is -0.795. The van der Waals surface area contributed by atoms with Crippen LogP contribution in [0.3, 0.4) is 0 Å². The van der Waals surface area contributed by atoms with Crippen molar-refractivity contribution in [1.82, 2.24) is 0 Å². The lowest BCUT2D eigenvalue weighted by Gasteiger charge is -2.19. The number of hydrogen-bond donors (Lipinski definition) is 4.